The summed E-state index contributed by atoms with van der Waals surface area (Å²) in [4.78, 5) is 11.2. The molecule has 0 saturated carbocycles. The summed E-state index contributed by atoms with van der Waals surface area (Å²) in [7, 11) is 0. The van der Waals surface area contributed by atoms with E-state index in [1.807, 2.05) is 18.2 Å². The van der Waals surface area contributed by atoms with Gasteiger partial charge in [0.15, 0.2) is 0 Å². The van der Waals surface area contributed by atoms with Gasteiger partial charge >= 0.3 is 0 Å². The molecule has 0 bridgehead atoms. The SMILES string of the molecule is CCCC=CC=CC=CC(=O)NCC(C)C. The number of carbonyl (C=O) groups is 1. The lowest BCUT2D eigenvalue weighted by atomic mass is 10.2. The van der Waals surface area contributed by atoms with Crippen LogP contribution in [0.15, 0.2) is 36.5 Å². The molecule has 0 aliphatic rings. The second kappa shape index (κ2) is 10.2. The van der Waals surface area contributed by atoms with Gasteiger partial charge in [-0.25, -0.2) is 0 Å². The molecule has 0 aromatic rings. The van der Waals surface area contributed by atoms with Crippen LogP contribution in [0, 0.1) is 5.92 Å². The average Bonchev–Trinajstić information content (AvgIpc) is 2.25. The smallest absolute Gasteiger partial charge is 0.243 e. The molecule has 16 heavy (non-hydrogen) atoms. The maximum atomic E-state index is 11.2. The fraction of sp³-hybridized carbons (Fsp3) is 0.500. The Morgan fingerprint density at radius 1 is 1.19 bits per heavy atom. The van der Waals surface area contributed by atoms with Crippen LogP contribution in [0.25, 0.3) is 0 Å². The molecular formula is C14H23NO. The van der Waals surface area contributed by atoms with Gasteiger partial charge in [-0.05, 0) is 12.3 Å². The van der Waals surface area contributed by atoms with Crippen LogP contribution >= 0.6 is 0 Å². The van der Waals surface area contributed by atoms with E-state index in [4.69, 9.17) is 0 Å². The van der Waals surface area contributed by atoms with Crippen LogP contribution in [0.1, 0.15) is 33.6 Å². The molecule has 0 heterocycles. The summed E-state index contributed by atoms with van der Waals surface area (Å²) >= 11 is 0. The van der Waals surface area contributed by atoms with Gasteiger partial charge in [0, 0.05) is 12.6 Å². The summed E-state index contributed by atoms with van der Waals surface area (Å²) in [6.07, 6.45) is 13.5. The molecule has 1 N–H and O–H groups in total. The van der Waals surface area contributed by atoms with Crippen molar-refractivity contribution in [3.8, 4) is 0 Å². The lowest BCUT2D eigenvalue weighted by molar-refractivity contribution is -0.116. The predicted octanol–water partition coefficient (Wildman–Crippen LogP) is 3.23. The van der Waals surface area contributed by atoms with E-state index in [9.17, 15) is 4.79 Å². The second-order valence-electron chi connectivity index (χ2n) is 4.10. The second-order valence-corrected chi connectivity index (χ2v) is 4.10. The number of rotatable bonds is 7. The molecule has 0 saturated heterocycles. The molecular weight excluding hydrogens is 198 g/mol. The van der Waals surface area contributed by atoms with Crippen LogP contribution in [0.3, 0.4) is 0 Å². The van der Waals surface area contributed by atoms with Crippen LogP contribution in [-0.2, 0) is 4.79 Å². The molecule has 90 valence electrons. The number of unbranched alkanes of at least 4 members (excludes halogenated alkanes) is 1. The fourth-order valence-electron chi connectivity index (χ4n) is 0.976. The Hall–Kier alpha value is -1.31. The van der Waals surface area contributed by atoms with Crippen molar-refractivity contribution in [2.75, 3.05) is 6.54 Å². The van der Waals surface area contributed by atoms with Gasteiger partial charge < -0.3 is 5.32 Å². The van der Waals surface area contributed by atoms with Crippen molar-refractivity contribution < 1.29 is 4.79 Å². The van der Waals surface area contributed by atoms with Gasteiger partial charge in [0.05, 0.1) is 0 Å². The van der Waals surface area contributed by atoms with Crippen molar-refractivity contribution in [3.63, 3.8) is 0 Å². The van der Waals surface area contributed by atoms with Crippen molar-refractivity contribution in [1.82, 2.24) is 5.32 Å². The quantitative estimate of drug-likeness (QED) is 0.519. The topological polar surface area (TPSA) is 29.1 Å². The average molecular weight is 221 g/mol. The molecule has 0 spiro atoms. The van der Waals surface area contributed by atoms with Gasteiger partial charge in [-0.15, -0.1) is 0 Å². The van der Waals surface area contributed by atoms with E-state index in [0.717, 1.165) is 19.4 Å². The highest BCUT2D eigenvalue weighted by Gasteiger charge is 1.95. The third-order valence-corrected chi connectivity index (χ3v) is 1.86. The fourth-order valence-corrected chi connectivity index (χ4v) is 0.976. The number of allylic oxidation sites excluding steroid dienone is 5. The molecule has 0 aromatic heterocycles. The molecule has 0 radical (unpaired) electrons. The first-order valence-corrected chi connectivity index (χ1v) is 5.94. The third-order valence-electron chi connectivity index (χ3n) is 1.86. The first-order chi connectivity index (χ1) is 7.66. The molecule has 0 rings (SSSR count). The lowest BCUT2D eigenvalue weighted by Crippen LogP contribution is -2.25. The number of carbonyl (C=O) groups excluding carboxylic acids is 1. The molecule has 1 amide bonds. The maximum Gasteiger partial charge on any atom is 0.243 e. The van der Waals surface area contributed by atoms with Crippen molar-refractivity contribution in [2.24, 2.45) is 5.92 Å². The molecule has 2 nitrogen and oxygen atoms in total. The highest BCUT2D eigenvalue weighted by atomic mass is 16.1. The van der Waals surface area contributed by atoms with Crippen LogP contribution in [0.2, 0.25) is 0 Å². The summed E-state index contributed by atoms with van der Waals surface area (Å²) in [6.45, 7) is 7.02. The van der Waals surface area contributed by atoms with E-state index >= 15 is 0 Å². The number of nitrogens with one attached hydrogen (secondary N) is 1. The minimum Gasteiger partial charge on any atom is -0.352 e. The first-order valence-electron chi connectivity index (χ1n) is 5.94. The lowest BCUT2D eigenvalue weighted by Gasteiger charge is -2.03. The van der Waals surface area contributed by atoms with Gasteiger partial charge in [-0.2, -0.15) is 0 Å². The Bertz CT molecular complexity index is 262. The highest BCUT2D eigenvalue weighted by molar-refractivity contribution is 5.87. The third kappa shape index (κ3) is 10.8. The van der Waals surface area contributed by atoms with Crippen molar-refractivity contribution in [3.05, 3.63) is 36.5 Å². The van der Waals surface area contributed by atoms with E-state index < -0.39 is 0 Å². The molecule has 2 heteroatoms. The summed E-state index contributed by atoms with van der Waals surface area (Å²) in [6, 6.07) is 0. The van der Waals surface area contributed by atoms with Crippen molar-refractivity contribution in [1.29, 1.82) is 0 Å². The zero-order valence-corrected chi connectivity index (χ0v) is 10.6. The van der Waals surface area contributed by atoms with Crippen LogP contribution in [-0.4, -0.2) is 12.5 Å². The van der Waals surface area contributed by atoms with Crippen molar-refractivity contribution >= 4 is 5.91 Å². The molecule has 0 aromatic carbocycles. The molecule has 0 aliphatic heterocycles. The van der Waals surface area contributed by atoms with Crippen LogP contribution in [0.4, 0.5) is 0 Å². The monoisotopic (exact) mass is 221 g/mol. The summed E-state index contributed by atoms with van der Waals surface area (Å²) in [5.74, 6) is 0.459. The van der Waals surface area contributed by atoms with Gasteiger partial charge in [0.1, 0.15) is 0 Å². The maximum absolute atomic E-state index is 11.2. The number of hydrogen-bond donors (Lipinski definition) is 1. The Kier molecular flexibility index (Phi) is 9.38. The molecule has 0 unspecified atom stereocenters. The predicted molar refractivity (Wildman–Crippen MR) is 70.2 cm³/mol. The van der Waals surface area contributed by atoms with E-state index in [2.05, 4.69) is 32.2 Å². The Morgan fingerprint density at radius 2 is 1.88 bits per heavy atom. The Labute approximate surface area is 99.1 Å². The van der Waals surface area contributed by atoms with Crippen LogP contribution in [0.5, 0.6) is 0 Å². The normalized spacial score (nSPS) is 12.2. The van der Waals surface area contributed by atoms with Gasteiger partial charge in [-0.3, -0.25) is 4.79 Å². The van der Waals surface area contributed by atoms with Gasteiger partial charge in [0.2, 0.25) is 5.91 Å². The number of hydrogen-bond acceptors (Lipinski definition) is 1. The Balaban J connectivity index is 3.70. The van der Waals surface area contributed by atoms with Crippen molar-refractivity contribution in [2.45, 2.75) is 33.6 Å². The summed E-state index contributed by atoms with van der Waals surface area (Å²) in [5.41, 5.74) is 0. The zero-order valence-electron chi connectivity index (χ0n) is 10.6. The summed E-state index contributed by atoms with van der Waals surface area (Å²) < 4.78 is 0. The highest BCUT2D eigenvalue weighted by Crippen LogP contribution is 1.89. The molecule has 0 fully saturated rings. The van der Waals surface area contributed by atoms with E-state index in [1.54, 1.807) is 12.2 Å². The van der Waals surface area contributed by atoms with E-state index in [-0.39, 0.29) is 5.91 Å². The number of amides is 1. The standard InChI is InChI=1S/C14H23NO/c1-4-5-6-7-8-9-10-11-14(16)15-12-13(2)3/h6-11,13H,4-5,12H2,1-3H3,(H,15,16). The van der Waals surface area contributed by atoms with E-state index in [1.165, 1.54) is 0 Å². The minimum absolute atomic E-state index is 0.0316. The molecule has 0 atom stereocenters. The van der Waals surface area contributed by atoms with E-state index in [0.29, 0.717) is 5.92 Å². The Morgan fingerprint density at radius 3 is 2.50 bits per heavy atom. The minimum atomic E-state index is -0.0316. The summed E-state index contributed by atoms with van der Waals surface area (Å²) in [5, 5.41) is 2.82. The van der Waals surface area contributed by atoms with Gasteiger partial charge in [-0.1, -0.05) is 57.6 Å². The first kappa shape index (κ1) is 14.7. The van der Waals surface area contributed by atoms with Crippen LogP contribution < -0.4 is 5.32 Å². The molecule has 0 aliphatic carbocycles. The zero-order chi connectivity index (χ0) is 12.2. The van der Waals surface area contributed by atoms with Gasteiger partial charge in [0.25, 0.3) is 0 Å². The largest absolute Gasteiger partial charge is 0.352 e.